The lowest BCUT2D eigenvalue weighted by Crippen LogP contribution is -2.39. The van der Waals surface area contributed by atoms with Crippen LogP contribution in [0.25, 0.3) is 0 Å². The van der Waals surface area contributed by atoms with Gasteiger partial charge in [-0.25, -0.2) is 0 Å². The molecule has 1 amide bonds. The molecule has 0 aliphatic carbocycles. The van der Waals surface area contributed by atoms with Gasteiger partial charge in [0, 0.05) is 11.3 Å². The van der Waals surface area contributed by atoms with Crippen LogP contribution in [-0.2, 0) is 14.3 Å². The SMILES string of the molecule is NC(=S)c1ccc(NC(=O)C2COCCO2)cc1. The Bertz CT molecular complexity index is 441. The van der Waals surface area contributed by atoms with Gasteiger partial charge in [-0.3, -0.25) is 4.79 Å². The Morgan fingerprint density at radius 1 is 1.33 bits per heavy atom. The van der Waals surface area contributed by atoms with Crippen LogP contribution in [0.1, 0.15) is 5.56 Å². The van der Waals surface area contributed by atoms with E-state index in [1.165, 1.54) is 0 Å². The topological polar surface area (TPSA) is 73.6 Å². The number of hydrogen-bond donors (Lipinski definition) is 2. The first-order valence-electron chi connectivity index (χ1n) is 5.57. The van der Waals surface area contributed by atoms with Gasteiger partial charge in [0.25, 0.3) is 5.91 Å². The molecule has 0 spiro atoms. The maximum absolute atomic E-state index is 11.8. The van der Waals surface area contributed by atoms with E-state index in [0.29, 0.717) is 23.9 Å². The molecule has 18 heavy (non-hydrogen) atoms. The number of benzene rings is 1. The molecular formula is C12H14N2O3S. The Labute approximate surface area is 110 Å². The molecule has 2 rings (SSSR count). The molecular weight excluding hydrogens is 252 g/mol. The fraction of sp³-hybridized carbons (Fsp3) is 0.333. The first kappa shape index (κ1) is 12.9. The van der Waals surface area contributed by atoms with Gasteiger partial charge in [0.2, 0.25) is 0 Å². The summed E-state index contributed by atoms with van der Waals surface area (Å²) in [7, 11) is 0. The number of rotatable bonds is 3. The van der Waals surface area contributed by atoms with E-state index in [1.54, 1.807) is 24.3 Å². The third kappa shape index (κ3) is 3.25. The molecule has 6 heteroatoms. The molecule has 1 aliphatic heterocycles. The third-order valence-electron chi connectivity index (χ3n) is 2.55. The van der Waals surface area contributed by atoms with Crippen molar-refractivity contribution in [1.82, 2.24) is 0 Å². The molecule has 1 saturated heterocycles. The van der Waals surface area contributed by atoms with Gasteiger partial charge in [0.1, 0.15) is 4.99 Å². The van der Waals surface area contributed by atoms with Crippen LogP contribution in [0.2, 0.25) is 0 Å². The molecule has 1 aromatic carbocycles. The van der Waals surface area contributed by atoms with Crippen LogP contribution in [0.3, 0.4) is 0 Å². The number of nitrogens with two attached hydrogens (primary N) is 1. The summed E-state index contributed by atoms with van der Waals surface area (Å²) in [5.74, 6) is -0.210. The Kier molecular flexibility index (Phi) is 4.24. The summed E-state index contributed by atoms with van der Waals surface area (Å²) in [6, 6.07) is 7.01. The normalized spacial score (nSPS) is 19.2. The summed E-state index contributed by atoms with van der Waals surface area (Å²) >= 11 is 4.85. The zero-order valence-electron chi connectivity index (χ0n) is 9.72. The smallest absolute Gasteiger partial charge is 0.255 e. The number of nitrogens with one attached hydrogen (secondary N) is 1. The number of carbonyl (C=O) groups excluding carboxylic acids is 1. The van der Waals surface area contributed by atoms with E-state index in [0.717, 1.165) is 5.56 Å². The largest absolute Gasteiger partial charge is 0.389 e. The molecule has 0 bridgehead atoms. The molecule has 1 fully saturated rings. The highest BCUT2D eigenvalue weighted by atomic mass is 32.1. The highest BCUT2D eigenvalue weighted by Gasteiger charge is 2.22. The summed E-state index contributed by atoms with van der Waals surface area (Å²) in [6.45, 7) is 1.27. The van der Waals surface area contributed by atoms with Gasteiger partial charge in [-0.05, 0) is 24.3 Å². The zero-order chi connectivity index (χ0) is 13.0. The van der Waals surface area contributed by atoms with E-state index in [4.69, 9.17) is 27.4 Å². The molecule has 1 unspecified atom stereocenters. The summed E-state index contributed by atoms with van der Waals surface area (Å²) in [4.78, 5) is 12.2. The van der Waals surface area contributed by atoms with Crippen LogP contribution in [0.4, 0.5) is 5.69 Å². The second-order valence-electron chi connectivity index (χ2n) is 3.87. The molecule has 1 aromatic rings. The minimum absolute atomic E-state index is 0.210. The van der Waals surface area contributed by atoms with Crippen LogP contribution < -0.4 is 11.1 Å². The number of thiocarbonyl (C=S) groups is 1. The van der Waals surface area contributed by atoms with Crippen LogP contribution in [-0.4, -0.2) is 36.8 Å². The minimum atomic E-state index is -0.547. The molecule has 1 heterocycles. The molecule has 0 radical (unpaired) electrons. The van der Waals surface area contributed by atoms with E-state index in [9.17, 15) is 4.79 Å². The van der Waals surface area contributed by atoms with Gasteiger partial charge < -0.3 is 20.5 Å². The Morgan fingerprint density at radius 3 is 2.61 bits per heavy atom. The summed E-state index contributed by atoms with van der Waals surface area (Å²) in [5.41, 5.74) is 6.93. The summed E-state index contributed by atoms with van der Waals surface area (Å²) in [5, 5.41) is 2.75. The van der Waals surface area contributed by atoms with Crippen molar-refractivity contribution in [2.24, 2.45) is 5.73 Å². The Morgan fingerprint density at radius 2 is 2.06 bits per heavy atom. The molecule has 0 aromatic heterocycles. The molecule has 0 saturated carbocycles. The molecule has 1 atom stereocenters. The maximum Gasteiger partial charge on any atom is 0.255 e. The molecule has 1 aliphatic rings. The maximum atomic E-state index is 11.8. The van der Waals surface area contributed by atoms with Gasteiger partial charge in [-0.15, -0.1) is 0 Å². The summed E-state index contributed by atoms with van der Waals surface area (Å²) < 4.78 is 10.5. The van der Waals surface area contributed by atoms with Crippen molar-refractivity contribution in [2.75, 3.05) is 25.1 Å². The fourth-order valence-electron chi connectivity index (χ4n) is 1.58. The van der Waals surface area contributed by atoms with Crippen LogP contribution in [0.15, 0.2) is 24.3 Å². The summed E-state index contributed by atoms with van der Waals surface area (Å²) in [6.07, 6.45) is -0.547. The third-order valence-corrected chi connectivity index (χ3v) is 2.78. The van der Waals surface area contributed by atoms with E-state index >= 15 is 0 Å². The van der Waals surface area contributed by atoms with Crippen molar-refractivity contribution in [1.29, 1.82) is 0 Å². The lowest BCUT2D eigenvalue weighted by Gasteiger charge is -2.22. The van der Waals surface area contributed by atoms with Gasteiger partial charge in [-0.1, -0.05) is 12.2 Å². The molecule has 3 N–H and O–H groups in total. The van der Waals surface area contributed by atoms with Crippen LogP contribution in [0.5, 0.6) is 0 Å². The van der Waals surface area contributed by atoms with Crippen molar-refractivity contribution in [3.8, 4) is 0 Å². The lowest BCUT2D eigenvalue weighted by atomic mass is 10.2. The van der Waals surface area contributed by atoms with E-state index in [2.05, 4.69) is 5.32 Å². The quantitative estimate of drug-likeness (QED) is 0.787. The Hall–Kier alpha value is -1.50. The van der Waals surface area contributed by atoms with Crippen molar-refractivity contribution in [3.05, 3.63) is 29.8 Å². The van der Waals surface area contributed by atoms with E-state index in [-0.39, 0.29) is 12.5 Å². The fourth-order valence-corrected chi connectivity index (χ4v) is 1.72. The average Bonchev–Trinajstić information content (AvgIpc) is 2.40. The first-order chi connectivity index (χ1) is 8.66. The highest BCUT2D eigenvalue weighted by Crippen LogP contribution is 2.11. The Balaban J connectivity index is 1.96. The number of amides is 1. The van der Waals surface area contributed by atoms with Crippen molar-refractivity contribution in [3.63, 3.8) is 0 Å². The number of anilines is 1. The number of hydrogen-bond acceptors (Lipinski definition) is 4. The highest BCUT2D eigenvalue weighted by molar-refractivity contribution is 7.80. The van der Waals surface area contributed by atoms with Gasteiger partial charge >= 0.3 is 0 Å². The van der Waals surface area contributed by atoms with E-state index in [1.807, 2.05) is 0 Å². The first-order valence-corrected chi connectivity index (χ1v) is 5.98. The van der Waals surface area contributed by atoms with Gasteiger partial charge in [0.05, 0.1) is 19.8 Å². The van der Waals surface area contributed by atoms with Crippen LogP contribution >= 0.6 is 12.2 Å². The molecule has 5 nitrogen and oxygen atoms in total. The minimum Gasteiger partial charge on any atom is -0.389 e. The van der Waals surface area contributed by atoms with Crippen LogP contribution in [0, 0.1) is 0 Å². The number of carbonyl (C=O) groups is 1. The monoisotopic (exact) mass is 266 g/mol. The average molecular weight is 266 g/mol. The van der Waals surface area contributed by atoms with Crippen molar-refractivity contribution < 1.29 is 14.3 Å². The lowest BCUT2D eigenvalue weighted by molar-refractivity contribution is -0.142. The molecule has 96 valence electrons. The second kappa shape index (κ2) is 5.90. The van der Waals surface area contributed by atoms with Gasteiger partial charge in [0.15, 0.2) is 6.10 Å². The predicted molar refractivity (Wildman–Crippen MR) is 71.5 cm³/mol. The second-order valence-corrected chi connectivity index (χ2v) is 4.31. The standard InChI is InChI=1S/C12H14N2O3S/c13-11(18)8-1-3-9(4-2-8)14-12(15)10-7-16-5-6-17-10/h1-4,10H,5-7H2,(H2,13,18)(H,14,15). The van der Waals surface area contributed by atoms with Crippen molar-refractivity contribution >= 4 is 28.8 Å². The van der Waals surface area contributed by atoms with Gasteiger partial charge in [-0.2, -0.15) is 0 Å². The van der Waals surface area contributed by atoms with E-state index < -0.39 is 6.10 Å². The predicted octanol–water partition coefficient (Wildman–Crippen LogP) is 0.675. The zero-order valence-corrected chi connectivity index (χ0v) is 10.5. The number of ether oxygens (including phenoxy) is 2. The van der Waals surface area contributed by atoms with Crippen molar-refractivity contribution in [2.45, 2.75) is 6.10 Å².